The van der Waals surface area contributed by atoms with E-state index >= 15 is 0 Å². The van der Waals surface area contributed by atoms with Crippen molar-refractivity contribution in [2.75, 3.05) is 6.54 Å². The summed E-state index contributed by atoms with van der Waals surface area (Å²) in [6.45, 7) is 3.18. The Balaban J connectivity index is 1.97. The van der Waals surface area contributed by atoms with Crippen molar-refractivity contribution >= 4 is 0 Å². The standard InChI is InChI=1S/C17H20N2/c1-13-16(18)12-19(13)17(14-8-4-2-5-9-14)15-10-6-3-7-11-15/h2-11,13,16-17H,12,18H2,1H3/t13-,16-/m0/s1. The van der Waals surface area contributed by atoms with Crippen LogP contribution in [0.3, 0.4) is 0 Å². The Morgan fingerprint density at radius 3 is 1.79 bits per heavy atom. The molecule has 1 aliphatic heterocycles. The van der Waals surface area contributed by atoms with Crippen molar-refractivity contribution < 1.29 is 0 Å². The number of rotatable bonds is 3. The van der Waals surface area contributed by atoms with Crippen LogP contribution in [-0.4, -0.2) is 23.5 Å². The Morgan fingerprint density at radius 1 is 0.947 bits per heavy atom. The second-order valence-corrected chi connectivity index (χ2v) is 5.33. The summed E-state index contributed by atoms with van der Waals surface area (Å²) in [5.41, 5.74) is 8.75. The zero-order valence-corrected chi connectivity index (χ0v) is 11.2. The molecule has 19 heavy (non-hydrogen) atoms. The third-order valence-electron chi connectivity index (χ3n) is 4.13. The largest absolute Gasteiger partial charge is 0.325 e. The van der Waals surface area contributed by atoms with Gasteiger partial charge in [0, 0.05) is 18.6 Å². The van der Waals surface area contributed by atoms with Crippen molar-refractivity contribution in [2.24, 2.45) is 5.73 Å². The lowest BCUT2D eigenvalue weighted by Gasteiger charge is -2.49. The van der Waals surface area contributed by atoms with Gasteiger partial charge in [-0.25, -0.2) is 0 Å². The third-order valence-corrected chi connectivity index (χ3v) is 4.13. The van der Waals surface area contributed by atoms with Gasteiger partial charge in [0.15, 0.2) is 0 Å². The maximum Gasteiger partial charge on any atom is 0.0605 e. The monoisotopic (exact) mass is 252 g/mol. The molecule has 0 saturated carbocycles. The molecule has 0 unspecified atom stereocenters. The molecule has 2 heteroatoms. The summed E-state index contributed by atoms with van der Waals surface area (Å²) in [4.78, 5) is 2.48. The maximum absolute atomic E-state index is 6.06. The molecule has 0 amide bonds. The lowest BCUT2D eigenvalue weighted by molar-refractivity contribution is 0.0447. The smallest absolute Gasteiger partial charge is 0.0605 e. The van der Waals surface area contributed by atoms with Gasteiger partial charge in [-0.1, -0.05) is 60.7 Å². The second kappa shape index (κ2) is 5.16. The Hall–Kier alpha value is -1.64. The number of nitrogens with zero attached hydrogens (tertiary/aromatic N) is 1. The zero-order chi connectivity index (χ0) is 13.2. The highest BCUT2D eigenvalue weighted by Gasteiger charge is 2.38. The van der Waals surface area contributed by atoms with Gasteiger partial charge in [0.2, 0.25) is 0 Å². The minimum atomic E-state index is 0.301. The van der Waals surface area contributed by atoms with E-state index in [0.717, 1.165) is 6.54 Å². The van der Waals surface area contributed by atoms with Crippen molar-refractivity contribution in [1.82, 2.24) is 4.90 Å². The molecule has 0 bridgehead atoms. The van der Waals surface area contributed by atoms with Crippen LogP contribution in [0, 0.1) is 0 Å². The normalized spacial score (nSPS) is 23.3. The summed E-state index contributed by atoms with van der Waals surface area (Å²) < 4.78 is 0. The van der Waals surface area contributed by atoms with Crippen molar-refractivity contribution in [3.63, 3.8) is 0 Å². The van der Waals surface area contributed by atoms with E-state index in [-0.39, 0.29) is 0 Å². The van der Waals surface area contributed by atoms with E-state index in [2.05, 4.69) is 72.5 Å². The first-order chi connectivity index (χ1) is 9.27. The Kier molecular flexibility index (Phi) is 3.36. The topological polar surface area (TPSA) is 29.3 Å². The molecule has 2 aromatic carbocycles. The highest BCUT2D eigenvalue weighted by molar-refractivity contribution is 5.33. The molecule has 1 heterocycles. The average molecular weight is 252 g/mol. The Morgan fingerprint density at radius 2 is 1.42 bits per heavy atom. The third kappa shape index (κ3) is 2.29. The Labute approximate surface area is 114 Å². The Bertz CT molecular complexity index is 484. The zero-order valence-electron chi connectivity index (χ0n) is 11.2. The van der Waals surface area contributed by atoms with Gasteiger partial charge >= 0.3 is 0 Å². The first kappa shape index (κ1) is 12.4. The maximum atomic E-state index is 6.06. The van der Waals surface area contributed by atoms with Gasteiger partial charge in [0.05, 0.1) is 6.04 Å². The summed E-state index contributed by atoms with van der Waals surface area (Å²) >= 11 is 0. The van der Waals surface area contributed by atoms with Crippen LogP contribution in [0.5, 0.6) is 0 Å². The highest BCUT2D eigenvalue weighted by atomic mass is 15.3. The average Bonchev–Trinajstić information content (AvgIpc) is 2.49. The van der Waals surface area contributed by atoms with E-state index in [9.17, 15) is 0 Å². The molecule has 98 valence electrons. The van der Waals surface area contributed by atoms with Gasteiger partial charge in [0.1, 0.15) is 0 Å². The van der Waals surface area contributed by atoms with Crippen LogP contribution in [0.1, 0.15) is 24.1 Å². The van der Waals surface area contributed by atoms with Crippen molar-refractivity contribution in [1.29, 1.82) is 0 Å². The fourth-order valence-corrected chi connectivity index (χ4v) is 2.86. The summed E-state index contributed by atoms with van der Waals surface area (Å²) in [6.07, 6.45) is 0. The summed E-state index contributed by atoms with van der Waals surface area (Å²) in [6, 6.07) is 22.4. The lowest BCUT2D eigenvalue weighted by atomic mass is 9.89. The number of likely N-dealkylation sites (tertiary alicyclic amines) is 1. The highest BCUT2D eigenvalue weighted by Crippen LogP contribution is 2.34. The number of hydrogen-bond donors (Lipinski definition) is 1. The quantitative estimate of drug-likeness (QED) is 0.910. The van der Waals surface area contributed by atoms with Crippen LogP contribution in [0.15, 0.2) is 60.7 Å². The number of nitrogens with two attached hydrogens (primary N) is 1. The molecule has 2 nitrogen and oxygen atoms in total. The summed E-state index contributed by atoms with van der Waals surface area (Å²) in [5.74, 6) is 0. The molecule has 2 N–H and O–H groups in total. The number of benzene rings is 2. The molecule has 3 rings (SSSR count). The van der Waals surface area contributed by atoms with Gasteiger partial charge in [-0.05, 0) is 18.1 Å². The SMILES string of the molecule is C[C@H]1[C@@H](N)CN1C(c1ccccc1)c1ccccc1. The van der Waals surface area contributed by atoms with E-state index in [1.54, 1.807) is 0 Å². The lowest BCUT2D eigenvalue weighted by Crippen LogP contribution is -2.63. The van der Waals surface area contributed by atoms with E-state index in [1.165, 1.54) is 11.1 Å². The molecule has 1 aliphatic rings. The van der Waals surface area contributed by atoms with Crippen molar-refractivity contribution in [3.05, 3.63) is 71.8 Å². The van der Waals surface area contributed by atoms with Gasteiger partial charge in [0.25, 0.3) is 0 Å². The molecule has 0 radical (unpaired) electrons. The van der Waals surface area contributed by atoms with Crippen LogP contribution < -0.4 is 5.73 Å². The van der Waals surface area contributed by atoms with E-state index in [4.69, 9.17) is 5.73 Å². The molecule has 1 saturated heterocycles. The molecule has 0 aromatic heterocycles. The molecule has 2 aromatic rings. The minimum Gasteiger partial charge on any atom is -0.325 e. The molecular formula is C17H20N2. The fourth-order valence-electron chi connectivity index (χ4n) is 2.86. The molecule has 0 spiro atoms. The summed E-state index contributed by atoms with van der Waals surface area (Å²) in [5, 5.41) is 0. The molecular weight excluding hydrogens is 232 g/mol. The number of hydrogen-bond acceptors (Lipinski definition) is 2. The summed E-state index contributed by atoms with van der Waals surface area (Å²) in [7, 11) is 0. The van der Waals surface area contributed by atoms with E-state index < -0.39 is 0 Å². The van der Waals surface area contributed by atoms with Crippen LogP contribution >= 0.6 is 0 Å². The first-order valence-electron chi connectivity index (χ1n) is 6.88. The molecule has 2 atom stereocenters. The predicted molar refractivity (Wildman–Crippen MR) is 78.9 cm³/mol. The van der Waals surface area contributed by atoms with Crippen LogP contribution in [0.25, 0.3) is 0 Å². The van der Waals surface area contributed by atoms with Crippen LogP contribution in [0.4, 0.5) is 0 Å². The van der Waals surface area contributed by atoms with Gasteiger partial charge in [-0.3, -0.25) is 4.90 Å². The molecule has 1 fully saturated rings. The van der Waals surface area contributed by atoms with Crippen molar-refractivity contribution in [3.8, 4) is 0 Å². The second-order valence-electron chi connectivity index (χ2n) is 5.33. The predicted octanol–water partition coefficient (Wildman–Crippen LogP) is 2.81. The van der Waals surface area contributed by atoms with Crippen molar-refractivity contribution in [2.45, 2.75) is 25.0 Å². The van der Waals surface area contributed by atoms with Gasteiger partial charge < -0.3 is 5.73 Å². The first-order valence-corrected chi connectivity index (χ1v) is 6.88. The van der Waals surface area contributed by atoms with E-state index in [1.807, 2.05) is 0 Å². The molecule has 0 aliphatic carbocycles. The van der Waals surface area contributed by atoms with Crippen LogP contribution in [-0.2, 0) is 0 Å². The minimum absolute atomic E-state index is 0.301. The fraction of sp³-hybridized carbons (Fsp3) is 0.294. The van der Waals surface area contributed by atoms with Gasteiger partial charge in [-0.15, -0.1) is 0 Å². The van der Waals surface area contributed by atoms with E-state index in [0.29, 0.717) is 18.1 Å². The van der Waals surface area contributed by atoms with Crippen LogP contribution in [0.2, 0.25) is 0 Å². The van der Waals surface area contributed by atoms with Gasteiger partial charge in [-0.2, -0.15) is 0 Å².